The van der Waals surface area contributed by atoms with Gasteiger partial charge in [-0.2, -0.15) is 0 Å². The summed E-state index contributed by atoms with van der Waals surface area (Å²) in [6, 6.07) is -0.432. The lowest BCUT2D eigenvalue weighted by atomic mass is 10.3. The van der Waals surface area contributed by atoms with E-state index >= 15 is 0 Å². The first-order valence-corrected chi connectivity index (χ1v) is 5.39. The predicted molar refractivity (Wildman–Crippen MR) is 48.3 cm³/mol. The third-order valence-corrected chi connectivity index (χ3v) is 2.88. The number of hydrogen-bond donors (Lipinski definition) is 1. The van der Waals surface area contributed by atoms with Crippen molar-refractivity contribution in [3.63, 3.8) is 0 Å². The minimum atomic E-state index is -3.10. The van der Waals surface area contributed by atoms with E-state index in [-0.39, 0.29) is 5.75 Å². The van der Waals surface area contributed by atoms with Gasteiger partial charge in [0, 0.05) is 5.41 Å². The number of sulfone groups is 1. The fourth-order valence-electron chi connectivity index (χ4n) is 0.984. The molecule has 0 saturated carbocycles. The van der Waals surface area contributed by atoms with Crippen molar-refractivity contribution in [2.24, 2.45) is 0 Å². The molecule has 70 valence electrons. The Labute approximate surface area is 76.9 Å². The van der Waals surface area contributed by atoms with Crippen LogP contribution in [0, 0.1) is 11.8 Å². The van der Waals surface area contributed by atoms with Gasteiger partial charge in [0.2, 0.25) is 0 Å². The van der Waals surface area contributed by atoms with Gasteiger partial charge in [0.05, 0.1) is 11.8 Å². The Morgan fingerprint density at radius 3 is 2.77 bits per heavy atom. The molecule has 5 heteroatoms. The van der Waals surface area contributed by atoms with Crippen molar-refractivity contribution in [1.82, 2.24) is 5.32 Å². The van der Waals surface area contributed by atoms with Crippen molar-refractivity contribution in [3.8, 4) is 11.8 Å². The quantitative estimate of drug-likeness (QED) is 0.576. The fourth-order valence-corrected chi connectivity index (χ4v) is 2.22. The van der Waals surface area contributed by atoms with Gasteiger partial charge in [0.25, 0.3) is 5.91 Å². The van der Waals surface area contributed by atoms with Crippen molar-refractivity contribution in [1.29, 1.82) is 0 Å². The van der Waals surface area contributed by atoms with Crippen molar-refractivity contribution >= 4 is 15.7 Å². The fraction of sp³-hybridized carbons (Fsp3) is 0.375. The smallest absolute Gasteiger partial charge is 0.296 e. The molecule has 0 spiro atoms. The molecular formula is C8H9NO3S. The van der Waals surface area contributed by atoms with Crippen molar-refractivity contribution in [2.45, 2.75) is 13.0 Å². The molecule has 0 fully saturated rings. The van der Waals surface area contributed by atoms with E-state index in [4.69, 9.17) is 0 Å². The second kappa shape index (κ2) is 3.62. The molecule has 1 rings (SSSR count). The first kappa shape index (κ1) is 9.81. The van der Waals surface area contributed by atoms with Crippen molar-refractivity contribution in [2.75, 3.05) is 5.75 Å². The first-order valence-electron chi connectivity index (χ1n) is 3.68. The highest BCUT2D eigenvalue weighted by atomic mass is 32.2. The zero-order valence-electron chi connectivity index (χ0n) is 7.07. The van der Waals surface area contributed by atoms with E-state index in [9.17, 15) is 13.2 Å². The third kappa shape index (κ3) is 2.92. The number of carbonyl (C=O) groups excluding carboxylic acids is 1. The minimum absolute atomic E-state index is 0.0653. The molecule has 1 aliphatic heterocycles. The van der Waals surface area contributed by atoms with Crippen LogP contribution in [-0.4, -0.2) is 26.1 Å². The van der Waals surface area contributed by atoms with Crippen molar-refractivity contribution < 1.29 is 13.2 Å². The third-order valence-electron chi connectivity index (χ3n) is 1.49. The standard InChI is InChI=1S/C8H9NO3S/c1-2-3-8(10)9-7-4-5-13(11,12)6-7/h4-5,7H,6H2,1H3,(H,9,10). The lowest BCUT2D eigenvalue weighted by Gasteiger charge is -2.05. The summed E-state index contributed by atoms with van der Waals surface area (Å²) in [6.45, 7) is 1.54. The summed E-state index contributed by atoms with van der Waals surface area (Å²) in [6.07, 6.45) is 1.45. The van der Waals surface area contributed by atoms with Gasteiger partial charge in [-0.25, -0.2) is 8.42 Å². The molecule has 0 aliphatic carbocycles. The lowest BCUT2D eigenvalue weighted by Crippen LogP contribution is -2.34. The van der Waals surface area contributed by atoms with Crippen LogP contribution in [0.1, 0.15) is 6.92 Å². The first-order chi connectivity index (χ1) is 6.03. The summed E-state index contributed by atoms with van der Waals surface area (Å²) in [5, 5.41) is 3.57. The largest absolute Gasteiger partial charge is 0.338 e. The molecule has 0 saturated heterocycles. The van der Waals surface area contributed by atoms with Crippen LogP contribution in [-0.2, 0) is 14.6 Å². The van der Waals surface area contributed by atoms with Gasteiger partial charge >= 0.3 is 0 Å². The highest BCUT2D eigenvalue weighted by Crippen LogP contribution is 2.07. The molecule has 0 aromatic heterocycles. The average molecular weight is 199 g/mol. The number of rotatable bonds is 1. The molecule has 1 amide bonds. The normalized spacial score (nSPS) is 23.3. The molecule has 1 heterocycles. The summed E-state index contributed by atoms with van der Waals surface area (Å²) in [4.78, 5) is 10.9. The number of amides is 1. The maximum Gasteiger partial charge on any atom is 0.296 e. The van der Waals surface area contributed by atoms with Crippen LogP contribution in [0.4, 0.5) is 0 Å². The van der Waals surface area contributed by atoms with Crippen LogP contribution >= 0.6 is 0 Å². The van der Waals surface area contributed by atoms with E-state index < -0.39 is 21.8 Å². The predicted octanol–water partition coefficient (Wildman–Crippen LogP) is -0.563. The Balaban J connectivity index is 2.55. The van der Waals surface area contributed by atoms with Crippen LogP contribution in [0.15, 0.2) is 11.5 Å². The average Bonchev–Trinajstić information content (AvgIpc) is 2.30. The van der Waals surface area contributed by atoms with Gasteiger partial charge in [0.15, 0.2) is 9.84 Å². The molecule has 13 heavy (non-hydrogen) atoms. The Bertz CT molecular complexity index is 397. The van der Waals surface area contributed by atoms with Gasteiger partial charge in [-0.05, 0) is 18.9 Å². The zero-order valence-corrected chi connectivity index (χ0v) is 7.89. The number of hydrogen-bond acceptors (Lipinski definition) is 3. The van der Waals surface area contributed by atoms with Crippen LogP contribution < -0.4 is 5.32 Å². The molecular weight excluding hydrogens is 190 g/mol. The second-order valence-electron chi connectivity index (χ2n) is 2.61. The molecule has 0 bridgehead atoms. The summed E-state index contributed by atoms with van der Waals surface area (Å²) >= 11 is 0. The Morgan fingerprint density at radius 2 is 2.31 bits per heavy atom. The van der Waals surface area contributed by atoms with Gasteiger partial charge in [-0.1, -0.05) is 5.92 Å². The topological polar surface area (TPSA) is 63.2 Å². The van der Waals surface area contributed by atoms with Crippen LogP contribution in [0.3, 0.4) is 0 Å². The number of carbonyl (C=O) groups is 1. The Hall–Kier alpha value is -1.28. The highest BCUT2D eigenvalue weighted by molar-refractivity contribution is 7.94. The van der Waals surface area contributed by atoms with Crippen molar-refractivity contribution in [3.05, 3.63) is 11.5 Å². The van der Waals surface area contributed by atoms with Gasteiger partial charge in [-0.3, -0.25) is 4.79 Å². The molecule has 1 unspecified atom stereocenters. The van der Waals surface area contributed by atoms with Crippen LogP contribution in [0.5, 0.6) is 0 Å². The van der Waals surface area contributed by atoms with Crippen LogP contribution in [0.2, 0.25) is 0 Å². The Morgan fingerprint density at radius 1 is 1.62 bits per heavy atom. The van der Waals surface area contributed by atoms with E-state index in [1.54, 1.807) is 6.92 Å². The summed E-state index contributed by atoms with van der Waals surface area (Å²) in [5.41, 5.74) is 0. The Kier molecular flexibility index (Phi) is 2.73. The molecule has 1 N–H and O–H groups in total. The monoisotopic (exact) mass is 199 g/mol. The van der Waals surface area contributed by atoms with E-state index in [0.29, 0.717) is 0 Å². The minimum Gasteiger partial charge on any atom is -0.338 e. The van der Waals surface area contributed by atoms with Gasteiger partial charge in [-0.15, -0.1) is 0 Å². The highest BCUT2D eigenvalue weighted by Gasteiger charge is 2.22. The summed E-state index contributed by atoms with van der Waals surface area (Å²) in [5.74, 6) is 4.18. The van der Waals surface area contributed by atoms with Crippen LogP contribution in [0.25, 0.3) is 0 Å². The molecule has 0 aromatic carbocycles. The molecule has 1 atom stereocenters. The van der Waals surface area contributed by atoms with Gasteiger partial charge < -0.3 is 5.32 Å². The zero-order chi connectivity index (χ0) is 9.90. The van der Waals surface area contributed by atoms with Gasteiger partial charge in [0.1, 0.15) is 0 Å². The second-order valence-corrected chi connectivity index (χ2v) is 4.54. The van der Waals surface area contributed by atoms with E-state index in [1.807, 2.05) is 0 Å². The SMILES string of the molecule is CC#CC(=O)NC1C=CS(=O)(=O)C1. The maximum absolute atomic E-state index is 10.9. The van der Waals surface area contributed by atoms with E-state index in [1.165, 1.54) is 6.08 Å². The molecule has 1 aliphatic rings. The molecule has 0 radical (unpaired) electrons. The maximum atomic E-state index is 10.9. The lowest BCUT2D eigenvalue weighted by molar-refractivity contribution is -0.115. The molecule has 0 aromatic rings. The summed E-state index contributed by atoms with van der Waals surface area (Å²) in [7, 11) is -3.10. The number of nitrogens with one attached hydrogen (secondary N) is 1. The van der Waals surface area contributed by atoms with E-state index in [2.05, 4.69) is 17.2 Å². The summed E-state index contributed by atoms with van der Waals surface area (Å²) < 4.78 is 21.8. The molecule has 4 nitrogen and oxygen atoms in total. The van der Waals surface area contributed by atoms with E-state index in [0.717, 1.165) is 5.41 Å².